The highest BCUT2D eigenvalue weighted by atomic mass is 32.1. The molecule has 2 saturated heterocycles. The number of nitrogens with zero attached hydrogens (tertiary/aromatic N) is 3. The number of hydrogen-bond donors (Lipinski definition) is 0. The topological polar surface area (TPSA) is 53.1 Å². The maximum absolute atomic E-state index is 13.0. The molecule has 6 nitrogen and oxygen atoms in total. The lowest BCUT2D eigenvalue weighted by atomic mass is 10.1. The summed E-state index contributed by atoms with van der Waals surface area (Å²) in [6.45, 7) is 4.57. The molecule has 4 rings (SSSR count). The van der Waals surface area contributed by atoms with Gasteiger partial charge in [0.25, 0.3) is 0 Å². The second-order valence-corrected chi connectivity index (χ2v) is 8.29. The summed E-state index contributed by atoms with van der Waals surface area (Å²) in [6, 6.07) is 11.7. The standard InChI is InChI=1S/C21H25N3O3S/c1-27-19-7-3-2-6-18(19)24-14-16(13-20(24)25)21(26)23-10-8-22(9-11-23)15-17-5-4-12-28-17/h2-7,12,16H,8-11,13-15H2,1H3/t16-/m1/s1. The number of ether oxygens (including phenoxy) is 1. The third-order valence-electron chi connectivity index (χ3n) is 5.49. The van der Waals surface area contributed by atoms with E-state index in [9.17, 15) is 9.59 Å². The van der Waals surface area contributed by atoms with Gasteiger partial charge in [0, 0.05) is 50.6 Å². The Morgan fingerprint density at radius 2 is 1.93 bits per heavy atom. The monoisotopic (exact) mass is 399 g/mol. The summed E-state index contributed by atoms with van der Waals surface area (Å²) in [4.78, 5) is 32.9. The van der Waals surface area contributed by atoms with Crippen molar-refractivity contribution in [1.82, 2.24) is 9.80 Å². The minimum atomic E-state index is -0.277. The number of thiophene rings is 1. The van der Waals surface area contributed by atoms with E-state index in [1.807, 2.05) is 29.2 Å². The normalized spacial score (nSPS) is 20.6. The van der Waals surface area contributed by atoms with Crippen molar-refractivity contribution in [1.29, 1.82) is 0 Å². The lowest BCUT2D eigenvalue weighted by Gasteiger charge is -2.35. The van der Waals surface area contributed by atoms with Crippen LogP contribution in [0.25, 0.3) is 0 Å². The Hall–Kier alpha value is -2.38. The number of carbonyl (C=O) groups is 2. The van der Waals surface area contributed by atoms with Crippen LogP contribution in [-0.4, -0.2) is 61.4 Å². The third kappa shape index (κ3) is 3.91. The van der Waals surface area contributed by atoms with E-state index in [1.54, 1.807) is 23.3 Å². The van der Waals surface area contributed by atoms with Crippen molar-refractivity contribution in [3.8, 4) is 5.75 Å². The van der Waals surface area contributed by atoms with E-state index in [-0.39, 0.29) is 24.2 Å². The molecule has 1 aromatic heterocycles. The maximum atomic E-state index is 13.0. The van der Waals surface area contributed by atoms with Crippen molar-refractivity contribution in [3.05, 3.63) is 46.7 Å². The fourth-order valence-corrected chi connectivity index (χ4v) is 4.71. The van der Waals surface area contributed by atoms with Gasteiger partial charge in [0.1, 0.15) is 5.75 Å². The summed E-state index contributed by atoms with van der Waals surface area (Å²) >= 11 is 1.77. The number of para-hydroxylation sites is 2. The van der Waals surface area contributed by atoms with Crippen LogP contribution in [0.2, 0.25) is 0 Å². The molecule has 0 N–H and O–H groups in total. The van der Waals surface area contributed by atoms with Gasteiger partial charge in [0.2, 0.25) is 11.8 Å². The zero-order valence-corrected chi connectivity index (χ0v) is 16.9. The van der Waals surface area contributed by atoms with Gasteiger partial charge in [0.05, 0.1) is 18.7 Å². The first-order valence-electron chi connectivity index (χ1n) is 9.62. The van der Waals surface area contributed by atoms with Crippen molar-refractivity contribution in [2.24, 2.45) is 5.92 Å². The van der Waals surface area contributed by atoms with E-state index < -0.39 is 0 Å². The molecule has 2 aliphatic rings. The van der Waals surface area contributed by atoms with E-state index >= 15 is 0 Å². The highest BCUT2D eigenvalue weighted by Crippen LogP contribution is 2.33. The molecule has 2 aromatic rings. The molecule has 148 valence electrons. The number of methoxy groups -OCH3 is 1. The fraction of sp³-hybridized carbons (Fsp3) is 0.429. The van der Waals surface area contributed by atoms with Gasteiger partial charge in [-0.2, -0.15) is 0 Å². The van der Waals surface area contributed by atoms with Crippen LogP contribution in [0.3, 0.4) is 0 Å². The molecule has 1 aromatic carbocycles. The van der Waals surface area contributed by atoms with Crippen LogP contribution in [0.4, 0.5) is 5.69 Å². The zero-order valence-electron chi connectivity index (χ0n) is 16.0. The molecular formula is C21H25N3O3S. The Kier molecular flexibility index (Phi) is 5.64. The summed E-state index contributed by atoms with van der Waals surface area (Å²) in [6.07, 6.45) is 0.270. The molecule has 1 atom stereocenters. The molecule has 0 radical (unpaired) electrons. The van der Waals surface area contributed by atoms with Crippen LogP contribution < -0.4 is 9.64 Å². The van der Waals surface area contributed by atoms with Crippen molar-refractivity contribution >= 4 is 28.8 Å². The summed E-state index contributed by atoms with van der Waals surface area (Å²) in [7, 11) is 1.59. The lowest BCUT2D eigenvalue weighted by Crippen LogP contribution is -2.50. The average Bonchev–Trinajstić information content (AvgIpc) is 3.37. The van der Waals surface area contributed by atoms with Crippen LogP contribution in [0.15, 0.2) is 41.8 Å². The predicted molar refractivity (Wildman–Crippen MR) is 110 cm³/mol. The Morgan fingerprint density at radius 3 is 2.64 bits per heavy atom. The van der Waals surface area contributed by atoms with Crippen molar-refractivity contribution in [3.63, 3.8) is 0 Å². The van der Waals surface area contributed by atoms with Crippen LogP contribution in [0.5, 0.6) is 5.75 Å². The number of amides is 2. The number of anilines is 1. The van der Waals surface area contributed by atoms with Gasteiger partial charge in [-0.3, -0.25) is 14.5 Å². The molecular weight excluding hydrogens is 374 g/mol. The first kappa shape index (κ1) is 19.0. The Morgan fingerprint density at radius 1 is 1.14 bits per heavy atom. The van der Waals surface area contributed by atoms with Crippen LogP contribution >= 0.6 is 11.3 Å². The molecule has 0 aliphatic carbocycles. The van der Waals surface area contributed by atoms with E-state index in [2.05, 4.69) is 22.4 Å². The van der Waals surface area contributed by atoms with Crippen molar-refractivity contribution < 1.29 is 14.3 Å². The Labute approximate surface area is 169 Å². The van der Waals surface area contributed by atoms with Gasteiger partial charge >= 0.3 is 0 Å². The zero-order chi connectivity index (χ0) is 19.5. The van der Waals surface area contributed by atoms with E-state index in [1.165, 1.54) is 4.88 Å². The SMILES string of the molecule is COc1ccccc1N1C[C@H](C(=O)N2CCN(Cc3cccs3)CC2)CC1=O. The Balaban J connectivity index is 1.35. The summed E-state index contributed by atoms with van der Waals surface area (Å²) in [5.74, 6) is 0.466. The predicted octanol–water partition coefficient (Wildman–Crippen LogP) is 2.45. The highest BCUT2D eigenvalue weighted by molar-refractivity contribution is 7.09. The number of piperazine rings is 1. The quantitative estimate of drug-likeness (QED) is 0.775. The third-order valence-corrected chi connectivity index (χ3v) is 6.35. The minimum Gasteiger partial charge on any atom is -0.495 e. The molecule has 0 spiro atoms. The fourth-order valence-electron chi connectivity index (χ4n) is 3.97. The number of carbonyl (C=O) groups excluding carboxylic acids is 2. The summed E-state index contributed by atoms with van der Waals surface area (Å²) in [5.41, 5.74) is 0.742. The van der Waals surface area contributed by atoms with E-state index in [0.29, 0.717) is 12.3 Å². The number of benzene rings is 1. The molecule has 7 heteroatoms. The van der Waals surface area contributed by atoms with Crippen molar-refractivity contribution in [2.75, 3.05) is 44.7 Å². The highest BCUT2D eigenvalue weighted by Gasteiger charge is 2.38. The molecule has 28 heavy (non-hydrogen) atoms. The molecule has 0 unspecified atom stereocenters. The van der Waals surface area contributed by atoms with Crippen LogP contribution in [0, 0.1) is 5.92 Å². The first-order valence-corrected chi connectivity index (χ1v) is 10.5. The molecule has 3 heterocycles. The van der Waals surface area contributed by atoms with Gasteiger partial charge in [0.15, 0.2) is 0 Å². The smallest absolute Gasteiger partial charge is 0.228 e. The molecule has 0 saturated carbocycles. The number of hydrogen-bond acceptors (Lipinski definition) is 5. The van der Waals surface area contributed by atoms with Gasteiger partial charge in [-0.25, -0.2) is 0 Å². The molecule has 2 aliphatic heterocycles. The van der Waals surface area contributed by atoms with Gasteiger partial charge in [-0.1, -0.05) is 18.2 Å². The van der Waals surface area contributed by atoms with E-state index in [0.717, 1.165) is 38.4 Å². The van der Waals surface area contributed by atoms with Crippen LogP contribution in [-0.2, 0) is 16.1 Å². The molecule has 2 fully saturated rings. The van der Waals surface area contributed by atoms with Gasteiger partial charge in [-0.05, 0) is 23.6 Å². The summed E-state index contributed by atoms with van der Waals surface area (Å²) < 4.78 is 5.38. The number of rotatable bonds is 5. The lowest BCUT2D eigenvalue weighted by molar-refractivity contribution is -0.137. The van der Waals surface area contributed by atoms with Crippen molar-refractivity contribution in [2.45, 2.75) is 13.0 Å². The second-order valence-electron chi connectivity index (χ2n) is 7.26. The minimum absolute atomic E-state index is 0.0146. The summed E-state index contributed by atoms with van der Waals surface area (Å²) in [5, 5.41) is 2.10. The van der Waals surface area contributed by atoms with Gasteiger partial charge < -0.3 is 14.5 Å². The molecule has 2 amide bonds. The average molecular weight is 400 g/mol. The van der Waals surface area contributed by atoms with Gasteiger partial charge in [-0.15, -0.1) is 11.3 Å². The largest absolute Gasteiger partial charge is 0.495 e. The first-order chi connectivity index (χ1) is 13.7. The second kappa shape index (κ2) is 8.32. The maximum Gasteiger partial charge on any atom is 0.228 e. The van der Waals surface area contributed by atoms with Crippen LogP contribution in [0.1, 0.15) is 11.3 Å². The molecule has 0 bridgehead atoms. The van der Waals surface area contributed by atoms with E-state index in [4.69, 9.17) is 4.74 Å². The Bertz CT molecular complexity index is 831.